The second kappa shape index (κ2) is 12.0. The highest BCUT2D eigenvalue weighted by atomic mass is 16.5. The Morgan fingerprint density at radius 2 is 1.82 bits per heavy atom. The first kappa shape index (κ1) is 18.4. The molecule has 0 bridgehead atoms. The van der Waals surface area contributed by atoms with Gasteiger partial charge in [0.1, 0.15) is 12.7 Å². The molecule has 7 heteroatoms. The molecule has 0 fully saturated rings. The van der Waals surface area contributed by atoms with Gasteiger partial charge < -0.3 is 19.9 Å². The third kappa shape index (κ3) is 9.33. The van der Waals surface area contributed by atoms with Gasteiger partial charge in [0.05, 0.1) is 0 Å². The maximum Gasteiger partial charge on any atom is 0.190 e. The van der Waals surface area contributed by atoms with Crippen molar-refractivity contribution in [2.45, 2.75) is 39.7 Å². The molecule has 7 nitrogen and oxygen atoms in total. The van der Waals surface area contributed by atoms with Gasteiger partial charge in [-0.2, -0.15) is 0 Å². The van der Waals surface area contributed by atoms with Gasteiger partial charge in [-0.25, -0.2) is 0 Å². The Kier molecular flexibility index (Phi) is 10.0. The van der Waals surface area contributed by atoms with Crippen molar-refractivity contribution < 1.29 is 4.74 Å². The SMILES string of the molecule is CN=C(NCCCCn1cnnc1)NCCCOCC(C)C. The van der Waals surface area contributed by atoms with Gasteiger partial charge in [0, 0.05) is 39.9 Å². The largest absolute Gasteiger partial charge is 0.381 e. The van der Waals surface area contributed by atoms with E-state index in [-0.39, 0.29) is 0 Å². The van der Waals surface area contributed by atoms with Crippen molar-refractivity contribution in [1.82, 2.24) is 25.4 Å². The molecule has 0 saturated carbocycles. The van der Waals surface area contributed by atoms with Crippen molar-refractivity contribution >= 4 is 5.96 Å². The number of guanidine groups is 1. The summed E-state index contributed by atoms with van der Waals surface area (Å²) >= 11 is 0. The molecule has 22 heavy (non-hydrogen) atoms. The van der Waals surface area contributed by atoms with E-state index >= 15 is 0 Å². The fourth-order valence-corrected chi connectivity index (χ4v) is 1.88. The average Bonchev–Trinajstić information content (AvgIpc) is 3.01. The molecule has 1 aromatic rings. The van der Waals surface area contributed by atoms with Gasteiger partial charge in [0.2, 0.25) is 0 Å². The molecule has 0 atom stereocenters. The predicted octanol–water partition coefficient (Wildman–Crippen LogP) is 1.29. The number of aryl methyl sites for hydroxylation is 1. The highest BCUT2D eigenvalue weighted by Gasteiger charge is 1.98. The lowest BCUT2D eigenvalue weighted by Gasteiger charge is -2.12. The summed E-state index contributed by atoms with van der Waals surface area (Å²) in [5, 5.41) is 14.2. The highest BCUT2D eigenvalue weighted by molar-refractivity contribution is 5.79. The van der Waals surface area contributed by atoms with Crippen LogP contribution in [0.15, 0.2) is 17.6 Å². The first-order valence-corrected chi connectivity index (χ1v) is 8.07. The van der Waals surface area contributed by atoms with Crippen LogP contribution in [0.1, 0.15) is 33.1 Å². The first-order valence-electron chi connectivity index (χ1n) is 8.07. The van der Waals surface area contributed by atoms with Crippen molar-refractivity contribution in [1.29, 1.82) is 0 Å². The molecule has 0 amide bonds. The third-order valence-electron chi connectivity index (χ3n) is 3.03. The summed E-state index contributed by atoms with van der Waals surface area (Å²) in [7, 11) is 1.79. The molecule has 0 aromatic carbocycles. The fourth-order valence-electron chi connectivity index (χ4n) is 1.88. The van der Waals surface area contributed by atoms with Crippen LogP contribution in [0, 0.1) is 5.92 Å². The van der Waals surface area contributed by atoms with E-state index in [1.807, 2.05) is 4.57 Å². The van der Waals surface area contributed by atoms with Crippen LogP contribution in [0.3, 0.4) is 0 Å². The van der Waals surface area contributed by atoms with Crippen LogP contribution in [0.25, 0.3) is 0 Å². The lowest BCUT2D eigenvalue weighted by Crippen LogP contribution is -2.38. The van der Waals surface area contributed by atoms with Crippen molar-refractivity contribution in [3.63, 3.8) is 0 Å². The average molecular weight is 310 g/mol. The molecule has 0 radical (unpaired) electrons. The van der Waals surface area contributed by atoms with E-state index in [1.54, 1.807) is 19.7 Å². The van der Waals surface area contributed by atoms with E-state index in [4.69, 9.17) is 4.74 Å². The Morgan fingerprint density at radius 1 is 1.14 bits per heavy atom. The zero-order chi connectivity index (χ0) is 16.0. The second-order valence-corrected chi connectivity index (χ2v) is 5.65. The minimum Gasteiger partial charge on any atom is -0.381 e. The molecule has 0 spiro atoms. The van der Waals surface area contributed by atoms with Crippen LogP contribution in [-0.2, 0) is 11.3 Å². The van der Waals surface area contributed by atoms with E-state index < -0.39 is 0 Å². The molecule has 0 aliphatic carbocycles. The van der Waals surface area contributed by atoms with Crippen LogP contribution in [0.4, 0.5) is 0 Å². The van der Waals surface area contributed by atoms with Gasteiger partial charge >= 0.3 is 0 Å². The Labute approximate surface area is 133 Å². The number of aromatic nitrogens is 3. The van der Waals surface area contributed by atoms with Gasteiger partial charge in [-0.1, -0.05) is 13.8 Å². The fraction of sp³-hybridized carbons (Fsp3) is 0.800. The molecular formula is C15H30N6O. The minimum absolute atomic E-state index is 0.598. The zero-order valence-electron chi connectivity index (χ0n) is 14.1. The Bertz CT molecular complexity index is 391. The summed E-state index contributed by atoms with van der Waals surface area (Å²) in [6, 6.07) is 0. The monoisotopic (exact) mass is 310 g/mol. The second-order valence-electron chi connectivity index (χ2n) is 5.65. The molecular weight excluding hydrogens is 280 g/mol. The van der Waals surface area contributed by atoms with E-state index in [0.29, 0.717) is 5.92 Å². The van der Waals surface area contributed by atoms with E-state index in [9.17, 15) is 0 Å². The lowest BCUT2D eigenvalue weighted by molar-refractivity contribution is 0.108. The van der Waals surface area contributed by atoms with E-state index in [2.05, 4.69) is 39.7 Å². The molecule has 1 rings (SSSR count). The zero-order valence-corrected chi connectivity index (χ0v) is 14.1. The third-order valence-corrected chi connectivity index (χ3v) is 3.03. The van der Waals surface area contributed by atoms with E-state index in [1.165, 1.54) is 0 Å². The Hall–Kier alpha value is -1.63. The summed E-state index contributed by atoms with van der Waals surface area (Å²) < 4.78 is 7.54. The Balaban J connectivity index is 1.95. The number of unbranched alkanes of at least 4 members (excludes halogenated alkanes) is 1. The van der Waals surface area contributed by atoms with Crippen LogP contribution < -0.4 is 10.6 Å². The number of hydrogen-bond donors (Lipinski definition) is 2. The molecule has 1 aromatic heterocycles. The maximum atomic E-state index is 5.55. The number of hydrogen-bond acceptors (Lipinski definition) is 4. The first-order chi connectivity index (χ1) is 10.7. The van der Waals surface area contributed by atoms with Crippen LogP contribution in [-0.4, -0.2) is 54.1 Å². The maximum absolute atomic E-state index is 5.55. The highest BCUT2D eigenvalue weighted by Crippen LogP contribution is 1.94. The smallest absolute Gasteiger partial charge is 0.190 e. The van der Waals surface area contributed by atoms with Gasteiger partial charge in [-0.3, -0.25) is 4.99 Å². The van der Waals surface area contributed by atoms with Gasteiger partial charge in [-0.15, -0.1) is 10.2 Å². The van der Waals surface area contributed by atoms with Crippen LogP contribution in [0.2, 0.25) is 0 Å². The summed E-state index contributed by atoms with van der Waals surface area (Å²) in [4.78, 5) is 4.21. The topological polar surface area (TPSA) is 76.4 Å². The number of ether oxygens (including phenoxy) is 1. The Morgan fingerprint density at radius 3 is 2.45 bits per heavy atom. The summed E-state index contributed by atoms with van der Waals surface area (Å²) in [6.07, 6.45) is 6.65. The molecule has 126 valence electrons. The van der Waals surface area contributed by atoms with Gasteiger partial charge in [0.15, 0.2) is 5.96 Å². The van der Waals surface area contributed by atoms with Crippen molar-refractivity contribution in [2.75, 3.05) is 33.4 Å². The van der Waals surface area contributed by atoms with Gasteiger partial charge in [0.25, 0.3) is 0 Å². The summed E-state index contributed by atoms with van der Waals surface area (Å²) in [5.41, 5.74) is 0. The number of nitrogens with zero attached hydrogens (tertiary/aromatic N) is 4. The number of nitrogens with one attached hydrogen (secondary N) is 2. The molecule has 0 aliphatic rings. The van der Waals surface area contributed by atoms with Crippen molar-refractivity contribution in [2.24, 2.45) is 10.9 Å². The van der Waals surface area contributed by atoms with Crippen LogP contribution >= 0.6 is 0 Å². The molecule has 2 N–H and O–H groups in total. The van der Waals surface area contributed by atoms with E-state index in [0.717, 1.165) is 58.1 Å². The molecule has 0 aliphatic heterocycles. The number of aliphatic imine (C=N–C) groups is 1. The standard InChI is InChI=1S/C15H30N6O/c1-14(2)11-22-10-6-8-18-15(16-3)17-7-4-5-9-21-12-19-20-13-21/h12-14H,4-11H2,1-3H3,(H2,16,17,18). The minimum atomic E-state index is 0.598. The number of rotatable bonds is 11. The predicted molar refractivity (Wildman–Crippen MR) is 88.9 cm³/mol. The van der Waals surface area contributed by atoms with Crippen LogP contribution in [0.5, 0.6) is 0 Å². The lowest BCUT2D eigenvalue weighted by atomic mass is 10.2. The molecule has 1 heterocycles. The van der Waals surface area contributed by atoms with Gasteiger partial charge in [-0.05, 0) is 25.2 Å². The quantitative estimate of drug-likeness (QED) is 0.366. The normalized spacial score (nSPS) is 11.9. The molecule has 0 saturated heterocycles. The molecule has 0 unspecified atom stereocenters. The summed E-state index contributed by atoms with van der Waals surface area (Å²) in [6.45, 7) is 8.68. The van der Waals surface area contributed by atoms with Crippen molar-refractivity contribution in [3.8, 4) is 0 Å². The summed E-state index contributed by atoms with van der Waals surface area (Å²) in [5.74, 6) is 1.45. The van der Waals surface area contributed by atoms with Crippen molar-refractivity contribution in [3.05, 3.63) is 12.7 Å².